The third-order valence-electron chi connectivity index (χ3n) is 4.96. The maximum atomic E-state index is 6.05. The highest BCUT2D eigenvalue weighted by Crippen LogP contribution is 2.50. The zero-order valence-corrected chi connectivity index (χ0v) is 15.6. The Morgan fingerprint density at radius 1 is 1.04 bits per heavy atom. The van der Waals surface area contributed by atoms with Crippen molar-refractivity contribution in [2.24, 2.45) is 0 Å². The van der Waals surface area contributed by atoms with E-state index in [0.29, 0.717) is 0 Å². The monoisotopic (exact) mass is 359 g/mol. The van der Waals surface area contributed by atoms with Crippen LogP contribution in [0.4, 0.5) is 5.69 Å². The Balaban J connectivity index is 1.62. The van der Waals surface area contributed by atoms with Gasteiger partial charge >= 0.3 is 0 Å². The van der Waals surface area contributed by atoms with Crippen molar-refractivity contribution in [3.8, 4) is 0 Å². The normalized spacial score (nSPS) is 15.3. The lowest BCUT2D eigenvalue weighted by atomic mass is 10.2. The second-order valence-electron chi connectivity index (χ2n) is 6.44. The molecule has 1 aliphatic heterocycles. The van der Waals surface area contributed by atoms with Gasteiger partial charge < -0.3 is 9.32 Å². The van der Waals surface area contributed by atoms with Crippen molar-refractivity contribution in [2.45, 2.75) is 18.6 Å². The number of furan rings is 1. The van der Waals surface area contributed by atoms with Gasteiger partial charge in [-0.25, -0.2) is 0 Å². The second kappa shape index (κ2) is 5.92. The van der Waals surface area contributed by atoms with Crippen LogP contribution in [0.2, 0.25) is 0 Å². The molecular formula is C22H19N2OS+. The molecule has 0 fully saturated rings. The van der Waals surface area contributed by atoms with Crippen LogP contribution in [0.1, 0.15) is 12.6 Å². The smallest absolute Gasteiger partial charge is 0.212 e. The molecule has 26 heavy (non-hydrogen) atoms. The standard InChI is InChI=1S/C22H19N2OS/c1-3-24-16(13-12-15-8-4-6-10-18(15)24)14-20-23(2)21-17-9-5-7-11-19(17)25-22(21)26-20/h4-14H,3H2,1-2H3/q+1. The van der Waals surface area contributed by atoms with E-state index in [2.05, 4.69) is 78.0 Å². The van der Waals surface area contributed by atoms with Crippen LogP contribution in [0, 0.1) is 0 Å². The van der Waals surface area contributed by atoms with Crippen LogP contribution >= 0.6 is 11.8 Å². The molecule has 0 amide bonds. The van der Waals surface area contributed by atoms with Crippen molar-refractivity contribution in [3.05, 3.63) is 71.4 Å². The number of para-hydroxylation sites is 2. The third-order valence-corrected chi connectivity index (χ3v) is 6.02. The fourth-order valence-electron chi connectivity index (χ4n) is 3.68. The van der Waals surface area contributed by atoms with E-state index in [1.165, 1.54) is 32.7 Å². The summed E-state index contributed by atoms with van der Waals surface area (Å²) in [5, 5.41) is 4.59. The van der Waals surface area contributed by atoms with E-state index in [9.17, 15) is 0 Å². The Bertz CT molecular complexity index is 1180. The van der Waals surface area contributed by atoms with Gasteiger partial charge in [0.15, 0.2) is 5.09 Å². The van der Waals surface area contributed by atoms with Gasteiger partial charge in [0.2, 0.25) is 11.2 Å². The number of rotatable bonds is 2. The van der Waals surface area contributed by atoms with Gasteiger partial charge in [0, 0.05) is 36.0 Å². The van der Waals surface area contributed by atoms with Crippen molar-refractivity contribution < 1.29 is 8.98 Å². The van der Waals surface area contributed by atoms with Gasteiger partial charge in [-0.15, -0.1) is 0 Å². The SMILES string of the molecule is CC[n+]1c(C=C2Sc3oc4ccccc4c3N2C)ccc2ccccc21. The van der Waals surface area contributed by atoms with Gasteiger partial charge in [0.1, 0.15) is 17.8 Å². The van der Waals surface area contributed by atoms with Gasteiger partial charge in [-0.2, -0.15) is 4.57 Å². The molecule has 4 heteroatoms. The molecule has 0 N–H and O–H groups in total. The van der Waals surface area contributed by atoms with E-state index < -0.39 is 0 Å². The van der Waals surface area contributed by atoms with Crippen molar-refractivity contribution in [1.29, 1.82) is 0 Å². The molecule has 0 saturated carbocycles. The molecule has 4 aromatic rings. The molecule has 128 valence electrons. The predicted octanol–water partition coefficient (Wildman–Crippen LogP) is 5.43. The molecule has 1 aliphatic rings. The van der Waals surface area contributed by atoms with Crippen LogP contribution in [0.25, 0.3) is 27.9 Å². The average Bonchev–Trinajstić information content (AvgIpc) is 3.18. The van der Waals surface area contributed by atoms with Gasteiger partial charge in [-0.05, 0) is 43.0 Å². The van der Waals surface area contributed by atoms with E-state index in [0.717, 1.165) is 17.2 Å². The molecule has 0 spiro atoms. The maximum Gasteiger partial charge on any atom is 0.212 e. The molecule has 0 aliphatic carbocycles. The van der Waals surface area contributed by atoms with E-state index in [4.69, 9.17) is 4.42 Å². The van der Waals surface area contributed by atoms with Crippen molar-refractivity contribution in [1.82, 2.24) is 0 Å². The van der Waals surface area contributed by atoms with Crippen LogP contribution in [0.15, 0.2) is 75.2 Å². The molecule has 3 nitrogen and oxygen atoms in total. The Morgan fingerprint density at radius 3 is 2.73 bits per heavy atom. The van der Waals surface area contributed by atoms with E-state index >= 15 is 0 Å². The first kappa shape index (κ1) is 15.5. The minimum absolute atomic E-state index is 0.932. The zero-order chi connectivity index (χ0) is 17.7. The summed E-state index contributed by atoms with van der Waals surface area (Å²) in [6, 6.07) is 21.2. The molecule has 0 unspecified atom stereocenters. The highest BCUT2D eigenvalue weighted by atomic mass is 32.2. The fraction of sp³-hybridized carbons (Fsp3) is 0.136. The summed E-state index contributed by atoms with van der Waals surface area (Å²) in [5.74, 6) is 0. The Morgan fingerprint density at radius 2 is 1.85 bits per heavy atom. The number of hydrogen-bond acceptors (Lipinski definition) is 3. The quantitative estimate of drug-likeness (QED) is 0.445. The predicted molar refractivity (Wildman–Crippen MR) is 108 cm³/mol. The highest BCUT2D eigenvalue weighted by Gasteiger charge is 2.29. The summed E-state index contributed by atoms with van der Waals surface area (Å²) >= 11 is 1.70. The molecular weight excluding hydrogens is 340 g/mol. The number of thioether (sulfide) groups is 1. The zero-order valence-electron chi connectivity index (χ0n) is 14.8. The molecule has 0 bridgehead atoms. The Kier molecular flexibility index (Phi) is 3.54. The molecule has 0 atom stereocenters. The lowest BCUT2D eigenvalue weighted by Crippen LogP contribution is -2.36. The lowest BCUT2D eigenvalue weighted by Gasteiger charge is -2.13. The van der Waals surface area contributed by atoms with Crippen LogP contribution in [-0.2, 0) is 6.54 Å². The first-order valence-electron chi connectivity index (χ1n) is 8.82. The minimum Gasteiger partial charge on any atom is -0.447 e. The Labute approximate surface area is 156 Å². The van der Waals surface area contributed by atoms with Gasteiger partial charge in [0.25, 0.3) is 0 Å². The fourth-order valence-corrected chi connectivity index (χ4v) is 4.75. The molecule has 3 heterocycles. The van der Waals surface area contributed by atoms with Gasteiger partial charge in [0.05, 0.1) is 5.03 Å². The largest absolute Gasteiger partial charge is 0.447 e. The van der Waals surface area contributed by atoms with E-state index in [1.807, 2.05) is 12.1 Å². The minimum atomic E-state index is 0.932. The summed E-state index contributed by atoms with van der Waals surface area (Å²) in [7, 11) is 2.12. The number of fused-ring (bicyclic) bond motifs is 4. The van der Waals surface area contributed by atoms with Crippen molar-refractivity contribution >= 4 is 45.4 Å². The summed E-state index contributed by atoms with van der Waals surface area (Å²) in [6.07, 6.45) is 2.25. The summed E-state index contributed by atoms with van der Waals surface area (Å²) in [5.41, 5.74) is 4.58. The topological polar surface area (TPSA) is 20.3 Å². The van der Waals surface area contributed by atoms with Crippen LogP contribution < -0.4 is 9.47 Å². The van der Waals surface area contributed by atoms with Gasteiger partial charge in [-0.3, -0.25) is 0 Å². The number of aromatic nitrogens is 1. The lowest BCUT2D eigenvalue weighted by molar-refractivity contribution is -0.669. The van der Waals surface area contributed by atoms with Crippen molar-refractivity contribution in [3.63, 3.8) is 0 Å². The van der Waals surface area contributed by atoms with Crippen LogP contribution in [0.3, 0.4) is 0 Å². The molecule has 5 rings (SSSR count). The maximum absolute atomic E-state index is 6.05. The molecule has 2 aromatic carbocycles. The highest BCUT2D eigenvalue weighted by molar-refractivity contribution is 8.03. The summed E-state index contributed by atoms with van der Waals surface area (Å²) in [4.78, 5) is 2.24. The first-order valence-corrected chi connectivity index (χ1v) is 9.64. The first-order chi connectivity index (χ1) is 12.8. The average molecular weight is 359 g/mol. The second-order valence-corrected chi connectivity index (χ2v) is 7.43. The number of aryl methyl sites for hydroxylation is 1. The number of hydrogen-bond donors (Lipinski definition) is 0. The van der Waals surface area contributed by atoms with Crippen LogP contribution in [0.5, 0.6) is 0 Å². The number of benzene rings is 2. The third kappa shape index (κ3) is 2.26. The van der Waals surface area contributed by atoms with Crippen LogP contribution in [-0.4, -0.2) is 7.05 Å². The number of pyridine rings is 1. The van der Waals surface area contributed by atoms with Crippen molar-refractivity contribution in [2.75, 3.05) is 11.9 Å². The molecule has 0 saturated heterocycles. The summed E-state index contributed by atoms with van der Waals surface area (Å²) < 4.78 is 8.41. The van der Waals surface area contributed by atoms with Gasteiger partial charge in [-0.1, -0.05) is 24.3 Å². The number of nitrogens with zero attached hydrogens (tertiary/aromatic N) is 2. The van der Waals surface area contributed by atoms with E-state index in [1.54, 1.807) is 11.8 Å². The Hall–Kier alpha value is -2.72. The summed E-state index contributed by atoms with van der Waals surface area (Å²) in [6.45, 7) is 3.12. The number of anilines is 1. The molecule has 0 radical (unpaired) electrons. The van der Waals surface area contributed by atoms with E-state index in [-0.39, 0.29) is 0 Å². The molecule has 2 aromatic heterocycles.